The monoisotopic (exact) mass is 163 g/mol. The Hall–Kier alpha value is -0.980. The van der Waals surface area contributed by atoms with Gasteiger partial charge in [-0.3, -0.25) is 0 Å². The van der Waals surface area contributed by atoms with Crippen LogP contribution in [0.2, 0.25) is 0 Å². The number of rotatable bonds is 3. The normalized spacial score (nSPS) is 10.3. The summed E-state index contributed by atoms with van der Waals surface area (Å²) in [6, 6.07) is 8.09. The highest BCUT2D eigenvalue weighted by Crippen LogP contribution is 2.17. The van der Waals surface area contributed by atoms with E-state index in [1.54, 1.807) is 0 Å². The van der Waals surface area contributed by atoms with Gasteiger partial charge in [0.2, 0.25) is 0 Å². The van der Waals surface area contributed by atoms with E-state index in [-0.39, 0.29) is 0 Å². The van der Waals surface area contributed by atoms with Crippen molar-refractivity contribution in [1.29, 1.82) is 0 Å². The Bertz CT molecular complexity index is 223. The summed E-state index contributed by atoms with van der Waals surface area (Å²) in [5, 5.41) is 0. The van der Waals surface area contributed by atoms with Crippen molar-refractivity contribution in [2.45, 2.75) is 19.8 Å². The Kier molecular flexibility index (Phi) is 3.15. The Morgan fingerprint density at radius 2 is 1.92 bits per heavy atom. The lowest BCUT2D eigenvalue weighted by Crippen LogP contribution is -1.92. The summed E-state index contributed by atoms with van der Waals surface area (Å²) in [6.45, 7) is 8.73. The van der Waals surface area contributed by atoms with E-state index in [1.165, 1.54) is 5.56 Å². The van der Waals surface area contributed by atoms with Gasteiger partial charge in [0.25, 0.3) is 0 Å². The van der Waals surface area contributed by atoms with Gasteiger partial charge in [0.15, 0.2) is 0 Å². The quantitative estimate of drug-likeness (QED) is 0.665. The molecular weight excluding hydrogens is 148 g/mol. The first kappa shape index (κ1) is 9.11. The molecule has 1 unspecified atom stereocenters. The lowest BCUT2D eigenvalue weighted by atomic mass is 10.0. The highest BCUT2D eigenvalue weighted by molar-refractivity contribution is 5.29. The molecule has 1 rings (SSSR count). The van der Waals surface area contributed by atoms with Crippen LogP contribution in [-0.2, 0) is 0 Å². The largest absolute Gasteiger partial charge is 0.494 e. The second-order valence-electron chi connectivity index (χ2n) is 2.90. The minimum atomic E-state index is 0.348. The van der Waals surface area contributed by atoms with Crippen molar-refractivity contribution in [2.75, 3.05) is 6.61 Å². The van der Waals surface area contributed by atoms with Gasteiger partial charge < -0.3 is 4.74 Å². The van der Waals surface area contributed by atoms with Gasteiger partial charge in [0.1, 0.15) is 5.75 Å². The molecule has 0 amide bonds. The van der Waals surface area contributed by atoms with Crippen molar-refractivity contribution in [2.24, 2.45) is 0 Å². The summed E-state index contributed by atoms with van der Waals surface area (Å²) >= 11 is 0. The van der Waals surface area contributed by atoms with Gasteiger partial charge in [-0.2, -0.15) is 0 Å². The molecule has 0 aliphatic rings. The average Bonchev–Trinajstić information content (AvgIpc) is 2.06. The van der Waals surface area contributed by atoms with Crippen molar-refractivity contribution in [3.8, 4) is 5.75 Å². The van der Waals surface area contributed by atoms with Gasteiger partial charge in [0, 0.05) is 0 Å². The lowest BCUT2D eigenvalue weighted by Gasteiger charge is -2.06. The first-order valence-corrected chi connectivity index (χ1v) is 4.30. The average molecular weight is 163 g/mol. The van der Waals surface area contributed by atoms with Crippen molar-refractivity contribution in [3.63, 3.8) is 0 Å². The Labute approximate surface area is 74.4 Å². The molecule has 0 saturated heterocycles. The molecule has 12 heavy (non-hydrogen) atoms. The zero-order valence-corrected chi connectivity index (χ0v) is 7.71. The maximum Gasteiger partial charge on any atom is 0.119 e. The van der Waals surface area contributed by atoms with Crippen molar-refractivity contribution >= 4 is 0 Å². The SMILES string of the molecule is [CH2]C(C)c1ccc(OCC)cc1. The number of hydrogen-bond acceptors (Lipinski definition) is 1. The summed E-state index contributed by atoms with van der Waals surface area (Å²) in [4.78, 5) is 0. The molecule has 1 nitrogen and oxygen atoms in total. The van der Waals surface area contributed by atoms with Crippen LogP contribution in [0.5, 0.6) is 5.75 Å². The summed E-state index contributed by atoms with van der Waals surface area (Å²) in [6.07, 6.45) is 0. The Balaban J connectivity index is 2.71. The third kappa shape index (κ3) is 2.26. The van der Waals surface area contributed by atoms with E-state index in [0.717, 1.165) is 12.4 Å². The molecule has 0 aliphatic heterocycles. The van der Waals surface area contributed by atoms with Crippen LogP contribution < -0.4 is 4.74 Å². The summed E-state index contributed by atoms with van der Waals surface area (Å²) in [5.41, 5.74) is 1.25. The van der Waals surface area contributed by atoms with Gasteiger partial charge in [-0.15, -0.1) is 0 Å². The number of hydrogen-bond donors (Lipinski definition) is 0. The standard InChI is InChI=1S/C11H15O/c1-4-12-11-7-5-10(6-8-11)9(2)3/h5-9H,2,4H2,1,3H3. The van der Waals surface area contributed by atoms with Crippen LogP contribution in [0.1, 0.15) is 25.3 Å². The Morgan fingerprint density at radius 1 is 1.33 bits per heavy atom. The van der Waals surface area contributed by atoms with Crippen molar-refractivity contribution < 1.29 is 4.74 Å². The van der Waals surface area contributed by atoms with Crippen molar-refractivity contribution in [1.82, 2.24) is 0 Å². The molecule has 1 aromatic rings. The predicted octanol–water partition coefficient (Wildman–Crippen LogP) is 3.02. The van der Waals surface area contributed by atoms with Gasteiger partial charge in [0.05, 0.1) is 6.61 Å². The fourth-order valence-electron chi connectivity index (χ4n) is 1.06. The topological polar surface area (TPSA) is 9.23 Å². The second kappa shape index (κ2) is 4.15. The first-order valence-electron chi connectivity index (χ1n) is 4.30. The maximum atomic E-state index is 5.32. The Morgan fingerprint density at radius 3 is 2.33 bits per heavy atom. The highest BCUT2D eigenvalue weighted by atomic mass is 16.5. The van der Waals surface area contributed by atoms with E-state index >= 15 is 0 Å². The minimum Gasteiger partial charge on any atom is -0.494 e. The molecule has 0 heterocycles. The molecule has 1 atom stereocenters. The van der Waals surface area contributed by atoms with E-state index in [2.05, 4.69) is 26.0 Å². The van der Waals surface area contributed by atoms with Crippen LogP contribution in [0.25, 0.3) is 0 Å². The van der Waals surface area contributed by atoms with Crippen molar-refractivity contribution in [3.05, 3.63) is 36.8 Å². The molecule has 1 heteroatoms. The molecule has 0 N–H and O–H groups in total. The molecular formula is C11H15O. The molecule has 1 aromatic carbocycles. The summed E-state index contributed by atoms with van der Waals surface area (Å²) < 4.78 is 5.32. The van der Waals surface area contributed by atoms with E-state index in [0.29, 0.717) is 5.92 Å². The third-order valence-electron chi connectivity index (χ3n) is 1.76. The number of benzene rings is 1. The predicted molar refractivity (Wildman–Crippen MR) is 51.4 cm³/mol. The molecule has 1 radical (unpaired) electrons. The molecule has 0 fully saturated rings. The molecule has 0 aromatic heterocycles. The molecule has 0 bridgehead atoms. The second-order valence-corrected chi connectivity index (χ2v) is 2.90. The third-order valence-corrected chi connectivity index (χ3v) is 1.76. The highest BCUT2D eigenvalue weighted by Gasteiger charge is 1.98. The molecule has 65 valence electrons. The van der Waals surface area contributed by atoms with Crippen LogP contribution in [0.3, 0.4) is 0 Å². The van der Waals surface area contributed by atoms with E-state index in [9.17, 15) is 0 Å². The van der Waals surface area contributed by atoms with Gasteiger partial charge in [-0.05, 0) is 37.5 Å². The van der Waals surface area contributed by atoms with Crippen LogP contribution in [0.15, 0.2) is 24.3 Å². The van der Waals surface area contributed by atoms with Crippen LogP contribution in [-0.4, -0.2) is 6.61 Å². The van der Waals surface area contributed by atoms with Gasteiger partial charge in [-0.1, -0.05) is 19.1 Å². The fraction of sp³-hybridized carbons (Fsp3) is 0.364. The smallest absolute Gasteiger partial charge is 0.119 e. The zero-order chi connectivity index (χ0) is 8.97. The van der Waals surface area contributed by atoms with E-state index < -0.39 is 0 Å². The molecule has 0 aliphatic carbocycles. The van der Waals surface area contributed by atoms with E-state index in [4.69, 9.17) is 4.74 Å². The number of ether oxygens (including phenoxy) is 1. The lowest BCUT2D eigenvalue weighted by molar-refractivity contribution is 0.340. The van der Waals surface area contributed by atoms with Crippen LogP contribution in [0, 0.1) is 6.92 Å². The van der Waals surface area contributed by atoms with Crippen LogP contribution >= 0.6 is 0 Å². The fourth-order valence-corrected chi connectivity index (χ4v) is 1.06. The van der Waals surface area contributed by atoms with Crippen LogP contribution in [0.4, 0.5) is 0 Å². The maximum absolute atomic E-state index is 5.32. The molecule has 0 saturated carbocycles. The molecule has 0 spiro atoms. The zero-order valence-electron chi connectivity index (χ0n) is 7.71. The van der Waals surface area contributed by atoms with Gasteiger partial charge >= 0.3 is 0 Å². The minimum absolute atomic E-state index is 0.348. The first-order chi connectivity index (χ1) is 5.74. The van der Waals surface area contributed by atoms with E-state index in [1.807, 2.05) is 19.1 Å². The summed E-state index contributed by atoms with van der Waals surface area (Å²) in [7, 11) is 0. The summed E-state index contributed by atoms with van der Waals surface area (Å²) in [5.74, 6) is 1.28. The van der Waals surface area contributed by atoms with Gasteiger partial charge in [-0.25, -0.2) is 0 Å².